The standard InChI is InChI=1S/C21H26F3NO8S/c1-19(2,3)32-18(26)25-10-8-20(9-11-25)12-16(33-34(27,28)21(22,23)24)17-14(30-13-29-4)6-5-7-15(17)31-20/h5-7,12H,8-11,13H2,1-4H3. The zero-order chi connectivity index (χ0) is 25.4. The monoisotopic (exact) mass is 509 g/mol. The molecule has 0 bridgehead atoms. The Bertz CT molecular complexity index is 1050. The zero-order valence-corrected chi connectivity index (χ0v) is 19.9. The molecule has 34 heavy (non-hydrogen) atoms. The van der Waals surface area contributed by atoms with E-state index in [4.69, 9.17) is 18.9 Å². The van der Waals surface area contributed by atoms with Crippen LogP contribution in [0.1, 0.15) is 39.2 Å². The molecule has 1 aromatic rings. The Morgan fingerprint density at radius 1 is 1.18 bits per heavy atom. The van der Waals surface area contributed by atoms with Gasteiger partial charge in [0.15, 0.2) is 12.6 Å². The van der Waals surface area contributed by atoms with Crippen molar-refractivity contribution in [3.05, 3.63) is 29.8 Å². The van der Waals surface area contributed by atoms with Crippen LogP contribution in [-0.4, -0.2) is 63.1 Å². The molecule has 1 aromatic carbocycles. The Kier molecular flexibility index (Phi) is 7.00. The molecule has 1 spiro atoms. The molecule has 2 heterocycles. The van der Waals surface area contributed by atoms with Crippen LogP contribution in [0, 0.1) is 0 Å². The Hall–Kier alpha value is -2.67. The second-order valence-electron chi connectivity index (χ2n) is 8.81. The summed E-state index contributed by atoms with van der Waals surface area (Å²) in [7, 11) is -4.62. The fourth-order valence-corrected chi connectivity index (χ4v) is 3.98. The number of hydrogen-bond acceptors (Lipinski definition) is 8. The molecule has 0 radical (unpaired) electrons. The van der Waals surface area contributed by atoms with Gasteiger partial charge in [-0.1, -0.05) is 6.07 Å². The molecule has 1 saturated heterocycles. The van der Waals surface area contributed by atoms with Gasteiger partial charge in [-0.25, -0.2) is 4.79 Å². The van der Waals surface area contributed by atoms with E-state index in [0.717, 1.165) is 0 Å². The van der Waals surface area contributed by atoms with Crippen LogP contribution in [0.3, 0.4) is 0 Å². The van der Waals surface area contributed by atoms with Crippen molar-refractivity contribution in [3.63, 3.8) is 0 Å². The van der Waals surface area contributed by atoms with Gasteiger partial charge in [0, 0.05) is 39.1 Å². The Balaban J connectivity index is 1.95. The van der Waals surface area contributed by atoms with Crippen molar-refractivity contribution < 1.29 is 49.5 Å². The van der Waals surface area contributed by atoms with Crippen LogP contribution in [0.15, 0.2) is 24.3 Å². The second-order valence-corrected chi connectivity index (χ2v) is 10.3. The number of rotatable bonds is 5. The van der Waals surface area contributed by atoms with Crippen molar-refractivity contribution in [3.8, 4) is 11.5 Å². The van der Waals surface area contributed by atoms with Gasteiger partial charge in [-0.2, -0.15) is 21.6 Å². The zero-order valence-electron chi connectivity index (χ0n) is 19.1. The highest BCUT2D eigenvalue weighted by Gasteiger charge is 2.51. The molecule has 0 aliphatic carbocycles. The number of piperidine rings is 1. The first-order chi connectivity index (χ1) is 15.7. The molecule has 0 atom stereocenters. The predicted octanol–water partition coefficient (Wildman–Crippen LogP) is 4.04. The molecule has 13 heteroatoms. The number of amides is 1. The number of carbonyl (C=O) groups excluding carboxylic acids is 1. The van der Waals surface area contributed by atoms with Crippen molar-refractivity contribution in [1.29, 1.82) is 0 Å². The number of likely N-dealkylation sites (tertiary alicyclic amines) is 1. The van der Waals surface area contributed by atoms with Crippen LogP contribution >= 0.6 is 0 Å². The number of methoxy groups -OCH3 is 1. The lowest BCUT2D eigenvalue weighted by Crippen LogP contribution is -2.50. The summed E-state index contributed by atoms with van der Waals surface area (Å²) in [5, 5.41) is 0. The first-order valence-electron chi connectivity index (χ1n) is 10.3. The quantitative estimate of drug-likeness (QED) is 0.333. The van der Waals surface area contributed by atoms with Crippen molar-refractivity contribution in [2.24, 2.45) is 0 Å². The Morgan fingerprint density at radius 2 is 1.82 bits per heavy atom. The van der Waals surface area contributed by atoms with Crippen molar-refractivity contribution in [2.45, 2.75) is 50.3 Å². The van der Waals surface area contributed by atoms with Gasteiger partial charge in [-0.3, -0.25) is 0 Å². The van der Waals surface area contributed by atoms with Crippen LogP contribution < -0.4 is 9.47 Å². The molecule has 2 aliphatic heterocycles. The summed E-state index contributed by atoms with van der Waals surface area (Å²) in [6, 6.07) is 4.42. The fourth-order valence-electron chi connectivity index (χ4n) is 3.51. The molecule has 0 aromatic heterocycles. The first kappa shape index (κ1) is 25.9. The third-order valence-electron chi connectivity index (χ3n) is 5.02. The molecule has 1 fully saturated rings. The summed E-state index contributed by atoms with van der Waals surface area (Å²) in [6.07, 6.45) is 0.987. The van der Waals surface area contributed by atoms with Crippen molar-refractivity contribution in [2.75, 3.05) is 27.0 Å². The van der Waals surface area contributed by atoms with Crippen molar-refractivity contribution in [1.82, 2.24) is 4.90 Å². The number of ether oxygens (including phenoxy) is 4. The van der Waals surface area contributed by atoms with Crippen molar-refractivity contribution >= 4 is 22.0 Å². The van der Waals surface area contributed by atoms with Gasteiger partial charge in [-0.05, 0) is 32.9 Å². The molecule has 0 unspecified atom stereocenters. The van der Waals surface area contributed by atoms with Gasteiger partial charge in [0.05, 0.1) is 0 Å². The van der Waals surface area contributed by atoms with E-state index in [1.165, 1.54) is 36.3 Å². The predicted molar refractivity (Wildman–Crippen MR) is 113 cm³/mol. The summed E-state index contributed by atoms with van der Waals surface area (Å²) in [4.78, 5) is 13.8. The van der Waals surface area contributed by atoms with E-state index in [1.54, 1.807) is 20.8 Å². The molecule has 190 valence electrons. The smallest absolute Gasteiger partial charge is 0.482 e. The largest absolute Gasteiger partial charge is 0.534 e. The molecule has 3 rings (SSSR count). The number of hydrogen-bond donors (Lipinski definition) is 0. The first-order valence-corrected chi connectivity index (χ1v) is 11.7. The van der Waals surface area contributed by atoms with Gasteiger partial charge in [0.25, 0.3) is 0 Å². The number of benzene rings is 1. The molecule has 0 saturated carbocycles. The number of carbonyl (C=O) groups is 1. The maximum Gasteiger partial charge on any atom is 0.534 e. The summed E-state index contributed by atoms with van der Waals surface area (Å²) >= 11 is 0. The number of fused-ring (bicyclic) bond motifs is 1. The maximum atomic E-state index is 13.1. The summed E-state index contributed by atoms with van der Waals surface area (Å²) in [5.74, 6) is -0.478. The van der Waals surface area contributed by atoms with Gasteiger partial charge in [0.1, 0.15) is 28.3 Å². The number of nitrogens with zero attached hydrogens (tertiary/aromatic N) is 1. The van der Waals surface area contributed by atoms with Gasteiger partial charge < -0.3 is 28.0 Å². The van der Waals surface area contributed by atoms with E-state index < -0.39 is 38.7 Å². The summed E-state index contributed by atoms with van der Waals surface area (Å²) in [5.41, 5.74) is -7.63. The third kappa shape index (κ3) is 5.69. The Labute approximate surface area is 195 Å². The summed E-state index contributed by atoms with van der Waals surface area (Å²) < 4.78 is 89.2. The topological polar surface area (TPSA) is 101 Å². The highest BCUT2D eigenvalue weighted by molar-refractivity contribution is 7.87. The van der Waals surface area contributed by atoms with E-state index in [0.29, 0.717) is 0 Å². The van der Waals surface area contributed by atoms with Crippen LogP contribution in [0.5, 0.6) is 11.5 Å². The third-order valence-corrected chi connectivity index (χ3v) is 5.98. The lowest BCUT2D eigenvalue weighted by Gasteiger charge is -2.42. The van der Waals surface area contributed by atoms with E-state index in [-0.39, 0.29) is 49.8 Å². The maximum absolute atomic E-state index is 13.1. The Morgan fingerprint density at radius 3 is 2.38 bits per heavy atom. The van der Waals surface area contributed by atoms with Crippen LogP contribution in [-0.2, 0) is 23.8 Å². The molecule has 0 N–H and O–H groups in total. The average Bonchev–Trinajstić information content (AvgIpc) is 2.70. The SMILES string of the molecule is COCOc1cccc2c1C(OS(=O)(=O)C(F)(F)F)=CC1(CCN(C(=O)OC(C)(C)C)CC1)O2. The molecular weight excluding hydrogens is 483 g/mol. The minimum atomic E-state index is -5.97. The van der Waals surface area contributed by atoms with E-state index in [9.17, 15) is 26.4 Å². The minimum absolute atomic E-state index is 0.0176. The number of halogens is 3. The molecule has 9 nitrogen and oxygen atoms in total. The molecule has 1 amide bonds. The molecule has 2 aliphatic rings. The fraction of sp³-hybridized carbons (Fsp3) is 0.571. The van der Waals surface area contributed by atoms with Gasteiger partial charge in [-0.15, -0.1) is 0 Å². The van der Waals surface area contributed by atoms with E-state index >= 15 is 0 Å². The second kappa shape index (κ2) is 9.17. The van der Waals surface area contributed by atoms with Gasteiger partial charge >= 0.3 is 21.7 Å². The van der Waals surface area contributed by atoms with E-state index in [1.807, 2.05) is 0 Å². The lowest BCUT2D eigenvalue weighted by molar-refractivity contribution is -0.0512. The normalized spacial score (nSPS) is 18.0. The lowest BCUT2D eigenvalue weighted by atomic mass is 9.87. The van der Waals surface area contributed by atoms with Crippen LogP contribution in [0.4, 0.5) is 18.0 Å². The van der Waals surface area contributed by atoms with Crippen LogP contribution in [0.2, 0.25) is 0 Å². The highest BCUT2D eigenvalue weighted by atomic mass is 32.2. The average molecular weight is 509 g/mol. The van der Waals surface area contributed by atoms with Crippen LogP contribution in [0.25, 0.3) is 5.76 Å². The van der Waals surface area contributed by atoms with E-state index in [2.05, 4.69) is 4.18 Å². The summed E-state index contributed by atoms with van der Waals surface area (Å²) in [6.45, 7) is 5.28. The molecular formula is C21H26F3NO8S. The number of alkyl halides is 3. The van der Waals surface area contributed by atoms with Gasteiger partial charge in [0.2, 0.25) is 0 Å². The highest BCUT2D eigenvalue weighted by Crippen LogP contribution is 2.46. The minimum Gasteiger partial charge on any atom is -0.482 e.